The molecule has 0 radical (unpaired) electrons. The smallest absolute Gasteiger partial charge is 0.308 e. The van der Waals surface area contributed by atoms with Gasteiger partial charge in [-0.25, -0.2) is 0 Å². The predicted octanol–water partition coefficient (Wildman–Crippen LogP) is 2.33. The van der Waals surface area contributed by atoms with Gasteiger partial charge in [-0.05, 0) is 24.5 Å². The first-order valence-electron chi connectivity index (χ1n) is 3.55. The number of hydrogen-bond acceptors (Lipinski definition) is 3. The van der Waals surface area contributed by atoms with Crippen molar-refractivity contribution >= 4 is 17.7 Å². The van der Waals surface area contributed by atoms with Gasteiger partial charge in [-0.1, -0.05) is 6.07 Å². The predicted molar refractivity (Wildman–Crippen MR) is 49.5 cm³/mol. The Balaban J connectivity index is 2.79. The molecule has 0 atom stereocenters. The summed E-state index contributed by atoms with van der Waals surface area (Å²) in [7, 11) is 0. The SMILES string of the molecule is CSc1cccc(OC(C)=O)c1. The minimum absolute atomic E-state index is 0.284. The molecule has 0 aliphatic carbocycles. The summed E-state index contributed by atoms with van der Waals surface area (Å²) in [5.74, 6) is 0.322. The molecule has 0 bridgehead atoms. The highest BCUT2D eigenvalue weighted by atomic mass is 32.2. The lowest BCUT2D eigenvalue weighted by Gasteiger charge is -2.01. The fraction of sp³-hybridized carbons (Fsp3) is 0.222. The summed E-state index contributed by atoms with van der Waals surface area (Å²) in [5.41, 5.74) is 0. The van der Waals surface area contributed by atoms with Crippen molar-refractivity contribution in [1.82, 2.24) is 0 Å². The van der Waals surface area contributed by atoms with Gasteiger partial charge in [-0.3, -0.25) is 4.79 Å². The summed E-state index contributed by atoms with van der Waals surface area (Å²) < 4.78 is 4.90. The van der Waals surface area contributed by atoms with Gasteiger partial charge < -0.3 is 4.74 Å². The van der Waals surface area contributed by atoms with Gasteiger partial charge in [-0.15, -0.1) is 11.8 Å². The van der Waals surface area contributed by atoms with Crippen LogP contribution in [0.15, 0.2) is 29.2 Å². The Bertz CT molecular complexity index is 284. The maximum Gasteiger partial charge on any atom is 0.308 e. The number of hydrogen-bond donors (Lipinski definition) is 0. The van der Waals surface area contributed by atoms with Crippen molar-refractivity contribution in [2.75, 3.05) is 6.26 Å². The number of rotatable bonds is 2. The zero-order valence-corrected chi connectivity index (χ0v) is 7.85. The van der Waals surface area contributed by atoms with Crippen molar-refractivity contribution in [3.05, 3.63) is 24.3 Å². The maximum atomic E-state index is 10.6. The van der Waals surface area contributed by atoms with Gasteiger partial charge in [0.2, 0.25) is 0 Å². The fourth-order valence-electron chi connectivity index (χ4n) is 0.831. The maximum absolute atomic E-state index is 10.6. The summed E-state index contributed by atoms with van der Waals surface area (Å²) >= 11 is 1.62. The van der Waals surface area contributed by atoms with Gasteiger partial charge >= 0.3 is 5.97 Å². The Morgan fingerprint density at radius 2 is 2.25 bits per heavy atom. The van der Waals surface area contributed by atoms with Crippen LogP contribution in [0, 0.1) is 0 Å². The quantitative estimate of drug-likeness (QED) is 0.399. The molecule has 0 fully saturated rings. The van der Waals surface area contributed by atoms with E-state index < -0.39 is 0 Å². The van der Waals surface area contributed by atoms with Crippen molar-refractivity contribution in [1.29, 1.82) is 0 Å². The molecule has 0 unspecified atom stereocenters. The second-order valence-electron chi connectivity index (χ2n) is 2.27. The highest BCUT2D eigenvalue weighted by Gasteiger charge is 1.97. The number of carbonyl (C=O) groups excluding carboxylic acids is 1. The molecule has 0 aromatic heterocycles. The van der Waals surface area contributed by atoms with Gasteiger partial charge in [0, 0.05) is 11.8 Å². The average molecular weight is 182 g/mol. The first-order chi connectivity index (χ1) is 5.72. The zero-order valence-electron chi connectivity index (χ0n) is 7.03. The number of ether oxygens (including phenoxy) is 1. The van der Waals surface area contributed by atoms with E-state index in [1.54, 1.807) is 17.8 Å². The van der Waals surface area contributed by atoms with E-state index in [1.165, 1.54) is 6.92 Å². The fourth-order valence-corrected chi connectivity index (χ4v) is 1.28. The third kappa shape index (κ3) is 2.58. The third-order valence-electron chi connectivity index (χ3n) is 1.30. The molecule has 3 heteroatoms. The molecule has 0 spiro atoms. The highest BCUT2D eigenvalue weighted by molar-refractivity contribution is 7.98. The number of thioether (sulfide) groups is 1. The molecule has 64 valence electrons. The Kier molecular flexibility index (Phi) is 3.17. The molecule has 0 amide bonds. The van der Waals surface area contributed by atoms with Crippen molar-refractivity contribution in [2.24, 2.45) is 0 Å². The molecule has 0 heterocycles. The summed E-state index contributed by atoms with van der Waals surface area (Å²) in [6.07, 6.45) is 1.98. The van der Waals surface area contributed by atoms with Gasteiger partial charge in [0.15, 0.2) is 0 Å². The van der Waals surface area contributed by atoms with Crippen LogP contribution >= 0.6 is 11.8 Å². The molecule has 12 heavy (non-hydrogen) atoms. The minimum Gasteiger partial charge on any atom is -0.427 e. The monoisotopic (exact) mass is 182 g/mol. The van der Waals surface area contributed by atoms with Crippen LogP contribution in [0.3, 0.4) is 0 Å². The molecule has 1 aromatic carbocycles. The Labute approximate surface area is 75.9 Å². The van der Waals surface area contributed by atoms with Crippen LogP contribution < -0.4 is 4.74 Å². The Morgan fingerprint density at radius 1 is 1.50 bits per heavy atom. The van der Waals surface area contributed by atoms with E-state index in [4.69, 9.17) is 4.74 Å². The van der Waals surface area contributed by atoms with Crippen LogP contribution in [0.5, 0.6) is 5.75 Å². The van der Waals surface area contributed by atoms with Crippen LogP contribution in [0.4, 0.5) is 0 Å². The zero-order chi connectivity index (χ0) is 8.97. The summed E-state index contributed by atoms with van der Waals surface area (Å²) in [5, 5.41) is 0. The standard InChI is InChI=1S/C9H10O2S/c1-7(10)11-8-4-3-5-9(6-8)12-2/h3-6H,1-2H3. The van der Waals surface area contributed by atoms with Crippen LogP contribution in [0.1, 0.15) is 6.92 Å². The largest absolute Gasteiger partial charge is 0.427 e. The number of benzene rings is 1. The van der Waals surface area contributed by atoms with Crippen molar-refractivity contribution in [3.63, 3.8) is 0 Å². The van der Waals surface area contributed by atoms with E-state index in [0.717, 1.165) is 4.90 Å². The molecule has 1 rings (SSSR count). The van der Waals surface area contributed by atoms with Crippen molar-refractivity contribution in [3.8, 4) is 5.75 Å². The lowest BCUT2D eigenvalue weighted by Crippen LogP contribution is -2.00. The Morgan fingerprint density at radius 3 is 2.83 bits per heavy atom. The van der Waals surface area contributed by atoms with E-state index in [0.29, 0.717) is 5.75 Å². The molecular weight excluding hydrogens is 172 g/mol. The lowest BCUT2D eigenvalue weighted by molar-refractivity contribution is -0.131. The first-order valence-corrected chi connectivity index (χ1v) is 4.77. The molecule has 0 saturated heterocycles. The van der Waals surface area contributed by atoms with Crippen molar-refractivity contribution in [2.45, 2.75) is 11.8 Å². The van der Waals surface area contributed by atoms with Crippen LogP contribution in [0.25, 0.3) is 0 Å². The summed E-state index contributed by atoms with van der Waals surface area (Å²) in [6.45, 7) is 1.39. The van der Waals surface area contributed by atoms with Crippen molar-refractivity contribution < 1.29 is 9.53 Å². The van der Waals surface area contributed by atoms with E-state index >= 15 is 0 Å². The van der Waals surface area contributed by atoms with E-state index in [2.05, 4.69) is 0 Å². The van der Waals surface area contributed by atoms with E-state index in [-0.39, 0.29) is 5.97 Å². The second-order valence-corrected chi connectivity index (χ2v) is 3.15. The number of carbonyl (C=O) groups is 1. The number of esters is 1. The van der Waals surface area contributed by atoms with Gasteiger partial charge in [-0.2, -0.15) is 0 Å². The summed E-state index contributed by atoms with van der Waals surface area (Å²) in [6, 6.07) is 7.44. The van der Waals surface area contributed by atoms with E-state index in [9.17, 15) is 4.79 Å². The normalized spacial score (nSPS) is 9.50. The average Bonchev–Trinajstić information content (AvgIpc) is 2.03. The van der Waals surface area contributed by atoms with Gasteiger partial charge in [0.25, 0.3) is 0 Å². The highest BCUT2D eigenvalue weighted by Crippen LogP contribution is 2.20. The second kappa shape index (κ2) is 4.16. The molecular formula is C9H10O2S. The lowest BCUT2D eigenvalue weighted by atomic mass is 10.3. The summed E-state index contributed by atoms with van der Waals surface area (Å²) in [4.78, 5) is 11.7. The molecule has 0 saturated carbocycles. The molecule has 0 aliphatic heterocycles. The van der Waals surface area contributed by atoms with Gasteiger partial charge in [0.05, 0.1) is 0 Å². The third-order valence-corrected chi connectivity index (χ3v) is 2.03. The van der Waals surface area contributed by atoms with Crippen LogP contribution in [-0.4, -0.2) is 12.2 Å². The van der Waals surface area contributed by atoms with E-state index in [1.807, 2.05) is 24.5 Å². The van der Waals surface area contributed by atoms with Crippen LogP contribution in [0.2, 0.25) is 0 Å². The molecule has 2 nitrogen and oxygen atoms in total. The van der Waals surface area contributed by atoms with Gasteiger partial charge in [0.1, 0.15) is 5.75 Å². The minimum atomic E-state index is -0.284. The molecule has 0 N–H and O–H groups in total. The Hall–Kier alpha value is -0.960. The molecule has 0 aliphatic rings. The first kappa shape index (κ1) is 9.13. The van der Waals surface area contributed by atoms with Crippen LogP contribution in [-0.2, 0) is 4.79 Å². The molecule has 1 aromatic rings. The topological polar surface area (TPSA) is 26.3 Å².